The minimum absolute atomic E-state index is 0.0712. The summed E-state index contributed by atoms with van der Waals surface area (Å²) >= 11 is 0. The molecule has 0 saturated heterocycles. The molecule has 0 amide bonds. The first kappa shape index (κ1) is 26.1. The molecule has 1 fully saturated rings. The Morgan fingerprint density at radius 2 is 1.58 bits per heavy atom. The summed E-state index contributed by atoms with van der Waals surface area (Å²) in [5.41, 5.74) is 2.42. The van der Waals surface area contributed by atoms with E-state index in [1.165, 1.54) is 38.9 Å². The van der Waals surface area contributed by atoms with Crippen LogP contribution in [0.25, 0.3) is 11.1 Å². The van der Waals surface area contributed by atoms with Crippen LogP contribution in [0.4, 0.5) is 13.2 Å². The highest BCUT2D eigenvalue weighted by Crippen LogP contribution is 2.40. The molecular weight excluding hydrogens is 461 g/mol. The van der Waals surface area contributed by atoms with Crippen LogP contribution in [0.1, 0.15) is 75.3 Å². The topological polar surface area (TPSA) is 18.5 Å². The van der Waals surface area contributed by atoms with E-state index in [1.54, 1.807) is 48.5 Å². The van der Waals surface area contributed by atoms with Crippen LogP contribution in [-0.2, 0) is 6.61 Å². The molecule has 0 bridgehead atoms. The quantitative estimate of drug-likeness (QED) is 0.261. The maximum absolute atomic E-state index is 15.0. The molecule has 0 heterocycles. The average molecular weight is 497 g/mol. The molecule has 1 saturated carbocycles. The maximum atomic E-state index is 15.0. The van der Waals surface area contributed by atoms with Crippen LogP contribution < -0.4 is 9.47 Å². The molecule has 0 spiro atoms. The van der Waals surface area contributed by atoms with Gasteiger partial charge in [-0.3, -0.25) is 0 Å². The third kappa shape index (κ3) is 6.24. The zero-order chi connectivity index (χ0) is 25.5. The molecule has 0 aliphatic heterocycles. The Labute approximate surface area is 212 Å². The van der Waals surface area contributed by atoms with E-state index >= 15 is 0 Å². The summed E-state index contributed by atoms with van der Waals surface area (Å²) in [6, 6.07) is 15.1. The number of rotatable bonds is 10. The normalized spacial score (nSPS) is 17.7. The van der Waals surface area contributed by atoms with Gasteiger partial charge in [-0.25, -0.2) is 8.78 Å². The minimum Gasteiger partial charge on any atom is -0.497 e. The lowest BCUT2D eigenvalue weighted by Crippen LogP contribution is -2.15. The van der Waals surface area contributed by atoms with E-state index in [-0.39, 0.29) is 24.1 Å². The molecule has 4 rings (SSSR count). The summed E-state index contributed by atoms with van der Waals surface area (Å²) in [7, 11) is 1.49. The summed E-state index contributed by atoms with van der Waals surface area (Å²) in [6.45, 7) is 2.30. The molecule has 36 heavy (non-hydrogen) atoms. The van der Waals surface area contributed by atoms with Gasteiger partial charge in [0.15, 0.2) is 11.6 Å². The highest BCUT2D eigenvalue weighted by molar-refractivity contribution is 5.65. The molecule has 192 valence electrons. The largest absolute Gasteiger partial charge is 0.497 e. The third-order valence-electron chi connectivity index (χ3n) is 7.41. The van der Waals surface area contributed by atoms with Gasteiger partial charge in [-0.05, 0) is 72.4 Å². The van der Waals surface area contributed by atoms with Gasteiger partial charge in [0.2, 0.25) is 5.82 Å². The van der Waals surface area contributed by atoms with Gasteiger partial charge in [0.05, 0.1) is 7.11 Å². The molecule has 0 atom stereocenters. The van der Waals surface area contributed by atoms with Crippen LogP contribution in [0.3, 0.4) is 0 Å². The Kier molecular flexibility index (Phi) is 8.95. The predicted octanol–water partition coefficient (Wildman–Crippen LogP) is 9.21. The van der Waals surface area contributed by atoms with Gasteiger partial charge in [0, 0.05) is 11.6 Å². The van der Waals surface area contributed by atoms with Crippen molar-refractivity contribution in [3.8, 4) is 22.6 Å². The fourth-order valence-corrected chi connectivity index (χ4v) is 5.22. The number of hydrogen-bond donors (Lipinski definition) is 0. The van der Waals surface area contributed by atoms with Crippen molar-refractivity contribution in [1.82, 2.24) is 0 Å². The zero-order valence-corrected chi connectivity index (χ0v) is 21.2. The van der Waals surface area contributed by atoms with Gasteiger partial charge in [-0.15, -0.1) is 0 Å². The zero-order valence-electron chi connectivity index (χ0n) is 21.2. The van der Waals surface area contributed by atoms with Crippen molar-refractivity contribution < 1.29 is 22.6 Å². The Morgan fingerprint density at radius 3 is 2.25 bits per heavy atom. The number of ether oxygens (including phenoxy) is 2. The van der Waals surface area contributed by atoms with E-state index in [4.69, 9.17) is 9.47 Å². The van der Waals surface area contributed by atoms with Gasteiger partial charge in [-0.2, -0.15) is 4.39 Å². The summed E-state index contributed by atoms with van der Waals surface area (Å²) < 4.78 is 54.8. The second-order valence-corrected chi connectivity index (χ2v) is 9.83. The summed E-state index contributed by atoms with van der Waals surface area (Å²) in [5.74, 6) is -0.924. The van der Waals surface area contributed by atoms with Crippen LogP contribution in [0, 0.1) is 23.4 Å². The minimum atomic E-state index is -0.922. The Balaban J connectivity index is 1.35. The smallest absolute Gasteiger partial charge is 0.200 e. The van der Waals surface area contributed by atoms with E-state index in [9.17, 15) is 13.2 Å². The molecule has 2 nitrogen and oxygen atoms in total. The van der Waals surface area contributed by atoms with Gasteiger partial charge in [0.25, 0.3) is 0 Å². The highest BCUT2D eigenvalue weighted by Gasteiger charge is 2.26. The molecule has 5 heteroatoms. The molecule has 3 aromatic rings. The van der Waals surface area contributed by atoms with E-state index in [1.807, 2.05) is 0 Å². The second kappa shape index (κ2) is 12.3. The summed E-state index contributed by atoms with van der Waals surface area (Å²) in [4.78, 5) is 0. The first-order valence-electron chi connectivity index (χ1n) is 13.0. The Bertz CT molecular complexity index is 1140. The van der Waals surface area contributed by atoms with Gasteiger partial charge in [-0.1, -0.05) is 62.9 Å². The highest BCUT2D eigenvalue weighted by atomic mass is 19.2. The SMILES string of the molecule is CCCCCC1CCC(c2ccc(OCc3ccc(-c4ccc(OC)cc4F)cc3)c(F)c2F)CC1. The molecule has 0 N–H and O–H groups in total. The lowest BCUT2D eigenvalue weighted by Gasteiger charge is -2.29. The van der Waals surface area contributed by atoms with Crippen LogP contribution in [0.2, 0.25) is 0 Å². The van der Waals surface area contributed by atoms with E-state index < -0.39 is 11.6 Å². The van der Waals surface area contributed by atoms with E-state index in [0.29, 0.717) is 22.4 Å². The van der Waals surface area contributed by atoms with Crippen molar-refractivity contribution in [2.45, 2.75) is 70.8 Å². The Morgan fingerprint density at radius 1 is 0.833 bits per heavy atom. The van der Waals surface area contributed by atoms with Crippen LogP contribution >= 0.6 is 0 Å². The first-order chi connectivity index (χ1) is 17.5. The molecule has 1 aliphatic rings. The summed E-state index contributed by atoms with van der Waals surface area (Å²) in [5, 5.41) is 0. The van der Waals surface area contributed by atoms with E-state index in [2.05, 4.69) is 6.92 Å². The van der Waals surface area contributed by atoms with Crippen molar-refractivity contribution in [3.63, 3.8) is 0 Å². The van der Waals surface area contributed by atoms with Crippen molar-refractivity contribution in [2.75, 3.05) is 7.11 Å². The van der Waals surface area contributed by atoms with Crippen molar-refractivity contribution in [1.29, 1.82) is 0 Å². The van der Waals surface area contributed by atoms with Crippen molar-refractivity contribution in [3.05, 3.63) is 83.2 Å². The van der Waals surface area contributed by atoms with Crippen molar-refractivity contribution in [2.24, 2.45) is 5.92 Å². The Hall–Kier alpha value is -2.95. The first-order valence-corrected chi connectivity index (χ1v) is 13.0. The monoisotopic (exact) mass is 496 g/mol. The van der Waals surface area contributed by atoms with Gasteiger partial charge in [0.1, 0.15) is 18.2 Å². The van der Waals surface area contributed by atoms with Crippen LogP contribution in [0.5, 0.6) is 11.5 Å². The summed E-state index contributed by atoms with van der Waals surface area (Å²) in [6.07, 6.45) is 9.01. The molecule has 0 unspecified atom stereocenters. The standard InChI is InChI=1S/C31H35F3O2/c1-3-4-5-6-21-7-11-24(12-8-21)27-17-18-29(31(34)30(27)33)36-20-22-9-13-23(14-10-22)26-16-15-25(35-2)19-28(26)32/h9-10,13-19,21,24H,3-8,11-12,20H2,1-2H3. The molecule has 0 radical (unpaired) electrons. The second-order valence-electron chi connectivity index (χ2n) is 9.83. The number of unbranched alkanes of at least 4 members (excludes halogenated alkanes) is 2. The predicted molar refractivity (Wildman–Crippen MR) is 138 cm³/mol. The molecular formula is C31H35F3O2. The van der Waals surface area contributed by atoms with Crippen molar-refractivity contribution >= 4 is 0 Å². The fourth-order valence-electron chi connectivity index (χ4n) is 5.22. The van der Waals surface area contributed by atoms with Crippen LogP contribution in [0.15, 0.2) is 54.6 Å². The third-order valence-corrected chi connectivity index (χ3v) is 7.41. The average Bonchev–Trinajstić information content (AvgIpc) is 2.90. The van der Waals surface area contributed by atoms with Gasteiger partial charge < -0.3 is 9.47 Å². The number of benzene rings is 3. The van der Waals surface area contributed by atoms with Crippen LogP contribution in [-0.4, -0.2) is 7.11 Å². The molecule has 0 aromatic heterocycles. The lowest BCUT2D eigenvalue weighted by atomic mass is 9.77. The molecule has 1 aliphatic carbocycles. The fraction of sp³-hybridized carbons (Fsp3) is 0.419. The number of methoxy groups -OCH3 is 1. The number of hydrogen-bond acceptors (Lipinski definition) is 2. The number of halogens is 3. The van der Waals surface area contributed by atoms with Gasteiger partial charge >= 0.3 is 0 Å². The lowest BCUT2D eigenvalue weighted by molar-refractivity contribution is 0.278. The molecule has 3 aromatic carbocycles. The van der Waals surface area contributed by atoms with E-state index in [0.717, 1.165) is 37.2 Å². The maximum Gasteiger partial charge on any atom is 0.200 e.